The molecule has 34 heavy (non-hydrogen) atoms. The number of fused-ring (bicyclic) bond motifs is 3. The van der Waals surface area contributed by atoms with Crippen molar-refractivity contribution in [1.29, 1.82) is 0 Å². The van der Waals surface area contributed by atoms with Gasteiger partial charge >= 0.3 is 0 Å². The quantitative estimate of drug-likeness (QED) is 0.454. The third-order valence-electron chi connectivity index (χ3n) is 6.34. The standard InChI is InChI=1S/C29H29NO4/c1-29(2,3)21-11-9-19(10-12-21)15-26-27(31)22-13-14-25-23(28(22)34-26)17-30(18-33-25)16-20-7-5-6-8-24(20)32-4/h5-15H,16-18H2,1-4H3/b26-15-. The number of rotatable bonds is 4. The minimum Gasteiger partial charge on any atom is -0.496 e. The average Bonchev–Trinajstić information content (AvgIpc) is 3.15. The summed E-state index contributed by atoms with van der Waals surface area (Å²) in [5.41, 5.74) is 4.83. The summed E-state index contributed by atoms with van der Waals surface area (Å²) < 4.78 is 17.7. The van der Waals surface area contributed by atoms with Crippen LogP contribution in [-0.2, 0) is 18.5 Å². The SMILES string of the molecule is COc1ccccc1CN1COc2ccc3c(c2C1)O/C(=C\c1ccc(C(C)(C)C)cc1)C3=O. The molecule has 0 aromatic heterocycles. The van der Waals surface area contributed by atoms with Crippen molar-refractivity contribution in [2.75, 3.05) is 13.8 Å². The number of allylic oxidation sites excluding steroid dienone is 1. The maximum atomic E-state index is 13.1. The predicted molar refractivity (Wildman–Crippen MR) is 132 cm³/mol. The van der Waals surface area contributed by atoms with Gasteiger partial charge in [0, 0.05) is 18.7 Å². The van der Waals surface area contributed by atoms with E-state index in [-0.39, 0.29) is 11.2 Å². The molecule has 0 fully saturated rings. The lowest BCUT2D eigenvalue weighted by molar-refractivity contribution is 0.0865. The van der Waals surface area contributed by atoms with E-state index in [9.17, 15) is 4.79 Å². The fraction of sp³-hybridized carbons (Fsp3) is 0.276. The van der Waals surface area contributed by atoms with E-state index in [0.717, 1.165) is 28.2 Å². The monoisotopic (exact) mass is 455 g/mol. The summed E-state index contributed by atoms with van der Waals surface area (Å²) in [6.45, 7) is 8.30. The molecule has 0 saturated heterocycles. The first-order valence-electron chi connectivity index (χ1n) is 11.5. The van der Waals surface area contributed by atoms with Gasteiger partial charge in [-0.3, -0.25) is 9.69 Å². The van der Waals surface area contributed by atoms with Crippen LogP contribution in [0.2, 0.25) is 0 Å². The Hall–Kier alpha value is -3.57. The number of hydrogen-bond acceptors (Lipinski definition) is 5. The third kappa shape index (κ3) is 4.19. The molecule has 0 radical (unpaired) electrons. The second-order valence-electron chi connectivity index (χ2n) is 9.80. The Morgan fingerprint density at radius 2 is 1.79 bits per heavy atom. The molecule has 0 bridgehead atoms. The van der Waals surface area contributed by atoms with Crippen LogP contribution in [0.1, 0.15) is 53.4 Å². The summed E-state index contributed by atoms with van der Waals surface area (Å²) in [6.07, 6.45) is 1.82. The molecule has 5 heteroatoms. The van der Waals surface area contributed by atoms with Gasteiger partial charge < -0.3 is 14.2 Å². The molecule has 0 saturated carbocycles. The zero-order valence-electron chi connectivity index (χ0n) is 20.1. The lowest BCUT2D eigenvalue weighted by Gasteiger charge is -2.30. The number of methoxy groups -OCH3 is 1. The van der Waals surface area contributed by atoms with Crippen LogP contribution in [0.25, 0.3) is 6.08 Å². The predicted octanol–water partition coefficient (Wildman–Crippen LogP) is 5.96. The van der Waals surface area contributed by atoms with Gasteiger partial charge in [0.05, 0.1) is 18.2 Å². The maximum absolute atomic E-state index is 13.1. The van der Waals surface area contributed by atoms with Gasteiger partial charge in [-0.25, -0.2) is 0 Å². The Balaban J connectivity index is 1.39. The van der Waals surface area contributed by atoms with Gasteiger partial charge in [-0.15, -0.1) is 0 Å². The van der Waals surface area contributed by atoms with Gasteiger partial charge in [0.15, 0.2) is 5.76 Å². The summed E-state index contributed by atoms with van der Waals surface area (Å²) in [5.74, 6) is 2.46. The van der Waals surface area contributed by atoms with Crippen molar-refractivity contribution in [1.82, 2.24) is 4.90 Å². The molecule has 5 rings (SSSR count). The van der Waals surface area contributed by atoms with E-state index in [1.807, 2.05) is 42.5 Å². The summed E-state index contributed by atoms with van der Waals surface area (Å²) in [7, 11) is 1.68. The molecular formula is C29H29NO4. The van der Waals surface area contributed by atoms with Crippen molar-refractivity contribution in [2.45, 2.75) is 39.3 Å². The largest absolute Gasteiger partial charge is 0.496 e. The Labute approximate surface area is 200 Å². The first kappa shape index (κ1) is 22.2. The number of carbonyl (C=O) groups excluding carboxylic acids is 1. The van der Waals surface area contributed by atoms with Crippen molar-refractivity contribution >= 4 is 11.9 Å². The summed E-state index contributed by atoms with van der Waals surface area (Å²) in [4.78, 5) is 15.3. The summed E-state index contributed by atoms with van der Waals surface area (Å²) in [5, 5.41) is 0. The molecule has 0 spiro atoms. The van der Waals surface area contributed by atoms with E-state index >= 15 is 0 Å². The van der Waals surface area contributed by atoms with Crippen molar-refractivity contribution in [3.63, 3.8) is 0 Å². The zero-order valence-corrected chi connectivity index (χ0v) is 20.1. The number of ether oxygens (including phenoxy) is 3. The Morgan fingerprint density at radius 3 is 2.53 bits per heavy atom. The van der Waals surface area contributed by atoms with E-state index in [4.69, 9.17) is 14.2 Å². The number of hydrogen-bond donors (Lipinski definition) is 0. The lowest BCUT2D eigenvalue weighted by atomic mass is 9.86. The van der Waals surface area contributed by atoms with Crippen LogP contribution in [0.15, 0.2) is 66.4 Å². The summed E-state index contributed by atoms with van der Waals surface area (Å²) in [6, 6.07) is 19.9. The topological polar surface area (TPSA) is 48.0 Å². The summed E-state index contributed by atoms with van der Waals surface area (Å²) >= 11 is 0. The third-order valence-corrected chi connectivity index (χ3v) is 6.34. The van der Waals surface area contributed by atoms with Crippen LogP contribution in [-0.4, -0.2) is 24.5 Å². The molecule has 0 atom stereocenters. The van der Waals surface area contributed by atoms with E-state index < -0.39 is 0 Å². The molecule has 3 aromatic rings. The second kappa shape index (κ2) is 8.65. The van der Waals surface area contributed by atoms with Crippen LogP contribution >= 0.6 is 0 Å². The molecule has 2 heterocycles. The molecule has 5 nitrogen and oxygen atoms in total. The zero-order chi connectivity index (χ0) is 23.9. The van der Waals surface area contributed by atoms with E-state index in [0.29, 0.717) is 36.9 Å². The van der Waals surface area contributed by atoms with Crippen molar-refractivity contribution in [3.05, 3.63) is 94.2 Å². The number of carbonyl (C=O) groups is 1. The van der Waals surface area contributed by atoms with E-state index in [1.165, 1.54) is 5.56 Å². The minimum atomic E-state index is -0.0976. The number of benzene rings is 3. The molecule has 0 aliphatic carbocycles. The van der Waals surface area contributed by atoms with E-state index in [1.54, 1.807) is 13.2 Å². The van der Waals surface area contributed by atoms with Gasteiger partial charge in [0.2, 0.25) is 5.78 Å². The minimum absolute atomic E-state index is 0.0797. The molecule has 0 N–H and O–H groups in total. The van der Waals surface area contributed by atoms with Crippen LogP contribution in [0.4, 0.5) is 0 Å². The molecular weight excluding hydrogens is 426 g/mol. The highest BCUT2D eigenvalue weighted by atomic mass is 16.5. The highest BCUT2D eigenvalue weighted by Crippen LogP contribution is 2.42. The fourth-order valence-corrected chi connectivity index (χ4v) is 4.41. The first-order chi connectivity index (χ1) is 16.3. The highest BCUT2D eigenvalue weighted by molar-refractivity contribution is 6.15. The van der Waals surface area contributed by atoms with Crippen molar-refractivity contribution < 1.29 is 19.0 Å². The van der Waals surface area contributed by atoms with Crippen LogP contribution < -0.4 is 14.2 Å². The number of para-hydroxylation sites is 1. The normalized spacial score (nSPS) is 16.6. The van der Waals surface area contributed by atoms with Crippen LogP contribution in [0.5, 0.6) is 17.2 Å². The number of ketones is 1. The number of nitrogens with zero attached hydrogens (tertiary/aromatic N) is 1. The molecule has 174 valence electrons. The molecule has 3 aromatic carbocycles. The Kier molecular flexibility index (Phi) is 5.66. The molecule has 0 amide bonds. The smallest absolute Gasteiger partial charge is 0.231 e. The van der Waals surface area contributed by atoms with Crippen molar-refractivity contribution in [2.24, 2.45) is 0 Å². The maximum Gasteiger partial charge on any atom is 0.231 e. The Morgan fingerprint density at radius 1 is 1.03 bits per heavy atom. The molecule has 2 aliphatic rings. The molecule has 0 unspecified atom stereocenters. The first-order valence-corrected chi connectivity index (χ1v) is 11.5. The fourth-order valence-electron chi connectivity index (χ4n) is 4.41. The number of Topliss-reactive ketones (excluding diaryl/α,β-unsaturated/α-hetero) is 1. The second-order valence-corrected chi connectivity index (χ2v) is 9.80. The van der Waals surface area contributed by atoms with Gasteiger partial charge in [-0.2, -0.15) is 0 Å². The van der Waals surface area contributed by atoms with Gasteiger partial charge in [-0.05, 0) is 40.8 Å². The van der Waals surface area contributed by atoms with E-state index in [2.05, 4.69) is 43.9 Å². The van der Waals surface area contributed by atoms with Crippen molar-refractivity contribution in [3.8, 4) is 17.2 Å². The van der Waals surface area contributed by atoms with Crippen LogP contribution in [0.3, 0.4) is 0 Å². The highest BCUT2D eigenvalue weighted by Gasteiger charge is 2.33. The Bertz CT molecular complexity index is 1270. The molecule has 2 aliphatic heterocycles. The average molecular weight is 456 g/mol. The van der Waals surface area contributed by atoms with Crippen LogP contribution in [0, 0.1) is 0 Å². The van der Waals surface area contributed by atoms with Gasteiger partial charge in [0.1, 0.15) is 24.0 Å². The van der Waals surface area contributed by atoms with Gasteiger partial charge in [0.25, 0.3) is 0 Å². The van der Waals surface area contributed by atoms with Gasteiger partial charge in [-0.1, -0.05) is 63.2 Å². The lowest BCUT2D eigenvalue weighted by Crippen LogP contribution is -2.31.